The fraction of sp³-hybridized carbons (Fsp3) is 0.500. The summed E-state index contributed by atoms with van der Waals surface area (Å²) in [6.45, 7) is 3.92. The summed E-state index contributed by atoms with van der Waals surface area (Å²) >= 11 is 0. The number of nitrogens with zero attached hydrogens (tertiary/aromatic N) is 2. The highest BCUT2D eigenvalue weighted by Crippen LogP contribution is 2.22. The van der Waals surface area contributed by atoms with Gasteiger partial charge in [0.15, 0.2) is 0 Å². The number of hydrogen-bond donors (Lipinski definition) is 1. The van der Waals surface area contributed by atoms with E-state index < -0.39 is 0 Å². The summed E-state index contributed by atoms with van der Waals surface area (Å²) < 4.78 is 10.8. The number of benzene rings is 1. The predicted octanol–water partition coefficient (Wildman–Crippen LogP) is 2.71. The number of carbonyl (C=O) groups is 1. The summed E-state index contributed by atoms with van der Waals surface area (Å²) in [6.07, 6.45) is 6.11. The Balaban J connectivity index is 1.31. The van der Waals surface area contributed by atoms with Gasteiger partial charge in [-0.3, -0.25) is 4.79 Å². The first-order valence-electron chi connectivity index (χ1n) is 9.44. The molecule has 0 spiro atoms. The lowest BCUT2D eigenvalue weighted by Crippen LogP contribution is -2.46. The molecule has 2 saturated heterocycles. The average Bonchev–Trinajstić information content (AvgIpc) is 3.36. The van der Waals surface area contributed by atoms with Crippen LogP contribution in [-0.2, 0) is 4.74 Å². The van der Waals surface area contributed by atoms with Crippen LogP contribution in [0.4, 0.5) is 0 Å². The summed E-state index contributed by atoms with van der Waals surface area (Å²) in [6, 6.07) is 9.84. The second-order valence-corrected chi connectivity index (χ2v) is 7.13. The van der Waals surface area contributed by atoms with Gasteiger partial charge in [-0.15, -0.1) is 0 Å². The van der Waals surface area contributed by atoms with E-state index in [1.165, 1.54) is 19.1 Å². The first-order chi connectivity index (χ1) is 12.8. The van der Waals surface area contributed by atoms with Crippen molar-refractivity contribution in [1.29, 1.82) is 0 Å². The predicted molar refractivity (Wildman–Crippen MR) is 97.8 cm³/mol. The SMILES string of the molecule is O=C(NC1CCN(C[C@@H]2CCCO2)CC1)c1conc1-c1ccccc1. The zero-order valence-corrected chi connectivity index (χ0v) is 14.9. The molecule has 0 aliphatic carbocycles. The van der Waals surface area contributed by atoms with E-state index in [9.17, 15) is 4.79 Å². The third kappa shape index (κ3) is 3.97. The number of ether oxygens (including phenoxy) is 1. The van der Waals surface area contributed by atoms with Crippen molar-refractivity contribution >= 4 is 5.91 Å². The van der Waals surface area contributed by atoms with Crippen LogP contribution in [0.3, 0.4) is 0 Å². The number of rotatable bonds is 5. The summed E-state index contributed by atoms with van der Waals surface area (Å²) in [5.41, 5.74) is 1.98. The zero-order valence-electron chi connectivity index (χ0n) is 14.9. The highest BCUT2D eigenvalue weighted by atomic mass is 16.5. The minimum atomic E-state index is -0.109. The molecular weight excluding hydrogens is 330 g/mol. The average molecular weight is 355 g/mol. The topological polar surface area (TPSA) is 67.6 Å². The van der Waals surface area contributed by atoms with E-state index >= 15 is 0 Å². The van der Waals surface area contributed by atoms with Crippen LogP contribution < -0.4 is 5.32 Å². The van der Waals surface area contributed by atoms with Gasteiger partial charge in [-0.25, -0.2) is 0 Å². The van der Waals surface area contributed by atoms with Gasteiger partial charge < -0.3 is 19.5 Å². The van der Waals surface area contributed by atoms with Crippen molar-refractivity contribution in [3.63, 3.8) is 0 Å². The van der Waals surface area contributed by atoms with Crippen LogP contribution in [0.25, 0.3) is 11.3 Å². The number of aromatic nitrogens is 1. The highest BCUT2D eigenvalue weighted by molar-refractivity contribution is 5.99. The Morgan fingerprint density at radius 3 is 2.73 bits per heavy atom. The standard InChI is InChI=1S/C20H25N3O3/c24-20(18-14-26-22-19(18)15-5-2-1-3-6-15)21-16-8-10-23(11-9-16)13-17-7-4-12-25-17/h1-3,5-6,14,16-17H,4,7-13H2,(H,21,24)/t17-/m0/s1. The van der Waals surface area contributed by atoms with Crippen molar-refractivity contribution in [2.45, 2.75) is 37.8 Å². The van der Waals surface area contributed by atoms with Crippen LogP contribution in [0, 0.1) is 0 Å². The van der Waals surface area contributed by atoms with Gasteiger partial charge in [0.05, 0.1) is 6.10 Å². The molecular formula is C20H25N3O3. The van der Waals surface area contributed by atoms with Gasteiger partial charge in [-0.1, -0.05) is 35.5 Å². The Morgan fingerprint density at radius 1 is 1.19 bits per heavy atom. The molecule has 3 heterocycles. The number of hydrogen-bond acceptors (Lipinski definition) is 5. The molecule has 1 amide bonds. The molecule has 1 aromatic heterocycles. The molecule has 1 aromatic carbocycles. The molecule has 6 heteroatoms. The third-order valence-corrected chi connectivity index (χ3v) is 5.27. The molecule has 0 radical (unpaired) electrons. The first-order valence-corrected chi connectivity index (χ1v) is 9.44. The van der Waals surface area contributed by atoms with Crippen molar-refractivity contribution in [2.75, 3.05) is 26.2 Å². The molecule has 1 N–H and O–H groups in total. The van der Waals surface area contributed by atoms with E-state index in [0.717, 1.165) is 44.6 Å². The maximum Gasteiger partial charge on any atom is 0.257 e. The number of piperidine rings is 1. The Labute approximate surface area is 153 Å². The third-order valence-electron chi connectivity index (χ3n) is 5.27. The van der Waals surface area contributed by atoms with Gasteiger partial charge in [0, 0.05) is 37.8 Å². The van der Waals surface area contributed by atoms with E-state index in [1.807, 2.05) is 30.3 Å². The first kappa shape index (κ1) is 17.2. The van der Waals surface area contributed by atoms with Gasteiger partial charge in [0.2, 0.25) is 0 Å². The minimum Gasteiger partial charge on any atom is -0.377 e. The highest BCUT2D eigenvalue weighted by Gasteiger charge is 2.26. The van der Waals surface area contributed by atoms with Crippen molar-refractivity contribution < 1.29 is 14.1 Å². The molecule has 2 aromatic rings. The van der Waals surface area contributed by atoms with Gasteiger partial charge in [0.25, 0.3) is 5.91 Å². The van der Waals surface area contributed by atoms with E-state index in [2.05, 4.69) is 15.4 Å². The largest absolute Gasteiger partial charge is 0.377 e. The smallest absolute Gasteiger partial charge is 0.257 e. The fourth-order valence-electron chi connectivity index (χ4n) is 3.80. The monoisotopic (exact) mass is 355 g/mol. The van der Waals surface area contributed by atoms with Crippen molar-refractivity contribution in [3.8, 4) is 11.3 Å². The van der Waals surface area contributed by atoms with Gasteiger partial charge in [0.1, 0.15) is 17.5 Å². The number of nitrogens with one attached hydrogen (secondary N) is 1. The maximum atomic E-state index is 12.7. The van der Waals surface area contributed by atoms with Crippen LogP contribution in [0.15, 0.2) is 41.1 Å². The Hall–Kier alpha value is -2.18. The van der Waals surface area contributed by atoms with Crippen molar-refractivity contribution in [2.24, 2.45) is 0 Å². The Bertz CT molecular complexity index is 717. The van der Waals surface area contributed by atoms with Crippen LogP contribution in [0.1, 0.15) is 36.0 Å². The minimum absolute atomic E-state index is 0.109. The second kappa shape index (κ2) is 8.01. The number of likely N-dealkylation sites (tertiary alicyclic amines) is 1. The zero-order chi connectivity index (χ0) is 17.8. The number of carbonyl (C=O) groups excluding carboxylic acids is 1. The number of amides is 1. The molecule has 2 aliphatic rings. The van der Waals surface area contributed by atoms with Crippen LogP contribution >= 0.6 is 0 Å². The summed E-state index contributed by atoms with van der Waals surface area (Å²) in [5.74, 6) is -0.109. The van der Waals surface area contributed by atoms with E-state index in [4.69, 9.17) is 9.26 Å². The molecule has 26 heavy (non-hydrogen) atoms. The normalized spacial score (nSPS) is 21.8. The Kier molecular flexibility index (Phi) is 5.32. The van der Waals surface area contributed by atoms with Crippen molar-refractivity contribution in [1.82, 2.24) is 15.4 Å². The molecule has 4 rings (SSSR count). The molecule has 138 valence electrons. The molecule has 0 saturated carbocycles. The molecule has 2 aliphatic heterocycles. The van der Waals surface area contributed by atoms with Crippen molar-refractivity contribution in [3.05, 3.63) is 42.2 Å². The molecule has 1 atom stereocenters. The second-order valence-electron chi connectivity index (χ2n) is 7.13. The summed E-state index contributed by atoms with van der Waals surface area (Å²) in [4.78, 5) is 15.1. The summed E-state index contributed by atoms with van der Waals surface area (Å²) in [7, 11) is 0. The van der Waals surface area contributed by atoms with Crippen LogP contribution in [-0.4, -0.2) is 54.4 Å². The van der Waals surface area contributed by atoms with E-state index in [-0.39, 0.29) is 11.9 Å². The van der Waals surface area contributed by atoms with Crippen LogP contribution in [0.5, 0.6) is 0 Å². The molecule has 0 unspecified atom stereocenters. The van der Waals surface area contributed by atoms with Gasteiger partial charge in [-0.05, 0) is 25.7 Å². The lowest BCUT2D eigenvalue weighted by atomic mass is 10.0. The van der Waals surface area contributed by atoms with E-state index in [1.54, 1.807) is 0 Å². The quantitative estimate of drug-likeness (QED) is 0.893. The van der Waals surface area contributed by atoms with Gasteiger partial charge in [-0.2, -0.15) is 0 Å². The molecule has 6 nitrogen and oxygen atoms in total. The van der Waals surface area contributed by atoms with E-state index in [0.29, 0.717) is 17.4 Å². The van der Waals surface area contributed by atoms with Gasteiger partial charge >= 0.3 is 0 Å². The Morgan fingerprint density at radius 2 is 2.00 bits per heavy atom. The van der Waals surface area contributed by atoms with Crippen LogP contribution in [0.2, 0.25) is 0 Å². The lowest BCUT2D eigenvalue weighted by molar-refractivity contribution is 0.0613. The lowest BCUT2D eigenvalue weighted by Gasteiger charge is -2.33. The summed E-state index contributed by atoms with van der Waals surface area (Å²) in [5, 5.41) is 7.16. The fourth-order valence-corrected chi connectivity index (χ4v) is 3.80. The molecule has 0 bridgehead atoms. The maximum absolute atomic E-state index is 12.7. The molecule has 2 fully saturated rings.